The van der Waals surface area contributed by atoms with Crippen LogP contribution in [0.4, 0.5) is 5.69 Å². The maximum atomic E-state index is 11.7. The van der Waals surface area contributed by atoms with Crippen molar-refractivity contribution in [3.05, 3.63) is 99.0 Å². The lowest BCUT2D eigenvalue weighted by atomic mass is 9.76. The number of rotatable bonds is 6. The summed E-state index contributed by atoms with van der Waals surface area (Å²) in [7, 11) is 1.65. The van der Waals surface area contributed by atoms with Gasteiger partial charge < -0.3 is 19.9 Å². The van der Waals surface area contributed by atoms with Gasteiger partial charge in [0.1, 0.15) is 6.61 Å². The average molecular weight is 520 g/mol. The number of carbonyl (C=O) groups is 1. The largest absolute Gasteiger partial charge is 0.493 e. The topological polar surface area (TPSA) is 67.8 Å². The summed E-state index contributed by atoms with van der Waals surface area (Å²) in [5.74, 6) is 0.979. The third-order valence-electron chi connectivity index (χ3n) is 6.86. The highest BCUT2D eigenvalue weighted by Crippen LogP contribution is 2.52. The van der Waals surface area contributed by atoms with E-state index in [0.29, 0.717) is 29.6 Å². The van der Waals surface area contributed by atoms with E-state index in [1.165, 1.54) is 0 Å². The van der Waals surface area contributed by atoms with Crippen molar-refractivity contribution in [1.29, 1.82) is 0 Å². The maximum Gasteiger partial charge on any atom is 0.336 e. The van der Waals surface area contributed by atoms with E-state index in [1.807, 2.05) is 49.4 Å². The second-order valence-electron chi connectivity index (χ2n) is 8.79. The molecule has 1 heterocycles. The molecule has 0 saturated heterocycles. The average Bonchev–Trinajstić information content (AvgIpc) is 3.33. The van der Waals surface area contributed by atoms with Crippen LogP contribution in [0.3, 0.4) is 0 Å². The molecule has 3 aromatic rings. The fraction of sp³-hybridized carbons (Fsp3) is 0.250. The minimum absolute atomic E-state index is 0.00335. The second kappa shape index (κ2) is 9.18. The van der Waals surface area contributed by atoms with Gasteiger partial charge in [-0.2, -0.15) is 0 Å². The van der Waals surface area contributed by atoms with Crippen LogP contribution in [0.2, 0.25) is 0 Å². The van der Waals surface area contributed by atoms with Gasteiger partial charge in [0.25, 0.3) is 0 Å². The van der Waals surface area contributed by atoms with Crippen molar-refractivity contribution in [3.8, 4) is 11.5 Å². The van der Waals surface area contributed by atoms with Crippen molar-refractivity contribution in [1.82, 2.24) is 0 Å². The van der Waals surface area contributed by atoms with E-state index in [-0.39, 0.29) is 12.0 Å². The lowest BCUT2D eigenvalue weighted by molar-refractivity contribution is 0.0696. The zero-order valence-electron chi connectivity index (χ0n) is 19.0. The Morgan fingerprint density at radius 2 is 1.97 bits per heavy atom. The van der Waals surface area contributed by atoms with Gasteiger partial charge in [-0.15, -0.1) is 0 Å². The molecule has 1 aliphatic heterocycles. The fourth-order valence-corrected chi connectivity index (χ4v) is 5.74. The van der Waals surface area contributed by atoms with Gasteiger partial charge in [-0.05, 0) is 75.6 Å². The van der Waals surface area contributed by atoms with Crippen LogP contribution in [-0.2, 0) is 6.61 Å². The molecule has 0 aromatic heterocycles. The van der Waals surface area contributed by atoms with E-state index in [2.05, 4.69) is 39.5 Å². The van der Waals surface area contributed by atoms with Gasteiger partial charge in [0, 0.05) is 11.6 Å². The normalized spacial score (nSPS) is 20.3. The molecule has 3 aromatic carbocycles. The summed E-state index contributed by atoms with van der Waals surface area (Å²) in [6.45, 7) is 2.32. The van der Waals surface area contributed by atoms with E-state index < -0.39 is 5.97 Å². The summed E-state index contributed by atoms with van der Waals surface area (Å²) in [4.78, 5) is 11.7. The van der Waals surface area contributed by atoms with Gasteiger partial charge in [-0.3, -0.25) is 0 Å². The van der Waals surface area contributed by atoms with Gasteiger partial charge in [0.15, 0.2) is 11.5 Å². The Labute approximate surface area is 207 Å². The highest BCUT2D eigenvalue weighted by molar-refractivity contribution is 9.10. The number of allylic oxidation sites excluding steroid dienone is 2. The molecule has 0 spiro atoms. The molecule has 0 unspecified atom stereocenters. The summed E-state index contributed by atoms with van der Waals surface area (Å²) in [6, 6.07) is 17.8. The summed E-state index contributed by atoms with van der Waals surface area (Å²) >= 11 is 3.70. The predicted molar refractivity (Wildman–Crippen MR) is 136 cm³/mol. The number of benzene rings is 3. The highest BCUT2D eigenvalue weighted by atomic mass is 79.9. The fourth-order valence-electron chi connectivity index (χ4n) is 5.17. The number of halogens is 1. The number of methoxy groups -OCH3 is 1. The summed E-state index contributed by atoms with van der Waals surface area (Å²) in [5, 5.41) is 13.3. The smallest absolute Gasteiger partial charge is 0.336 e. The van der Waals surface area contributed by atoms with Crippen molar-refractivity contribution in [3.63, 3.8) is 0 Å². The summed E-state index contributed by atoms with van der Waals surface area (Å²) in [5.41, 5.74) is 5.32. The first kappa shape index (κ1) is 22.5. The molecule has 0 bridgehead atoms. The first-order valence-electron chi connectivity index (χ1n) is 11.3. The molecule has 34 heavy (non-hydrogen) atoms. The Morgan fingerprint density at radius 3 is 2.71 bits per heavy atom. The van der Waals surface area contributed by atoms with Gasteiger partial charge in [0.05, 0.1) is 23.2 Å². The quantitative estimate of drug-likeness (QED) is 0.347. The van der Waals surface area contributed by atoms with Gasteiger partial charge in [-0.25, -0.2) is 4.79 Å². The third kappa shape index (κ3) is 3.96. The molecule has 5 rings (SSSR count). The second-order valence-corrected chi connectivity index (χ2v) is 9.65. The van der Waals surface area contributed by atoms with Crippen LogP contribution < -0.4 is 14.8 Å². The van der Waals surface area contributed by atoms with Crippen molar-refractivity contribution in [2.24, 2.45) is 5.92 Å². The number of anilines is 1. The molecular weight excluding hydrogens is 494 g/mol. The standard InChI is InChI=1S/C28H26BrNO4/c1-16-19(28(31)32)11-12-22-20-9-6-10-21(20)26(30-25(16)22)18-13-23(29)27(24(14-18)33-2)34-15-17-7-4-3-5-8-17/h3-9,11-14,20-21,26,30H,10,15H2,1-2H3,(H,31,32)/t20-,21+,26-/m0/s1. The predicted octanol–water partition coefficient (Wildman–Crippen LogP) is 6.87. The number of carboxylic acids is 1. The van der Waals surface area contributed by atoms with Crippen LogP contribution in [0.15, 0.2) is 71.2 Å². The minimum atomic E-state index is -0.910. The van der Waals surface area contributed by atoms with E-state index in [9.17, 15) is 9.90 Å². The van der Waals surface area contributed by atoms with Crippen LogP contribution in [0.1, 0.15) is 51.0 Å². The van der Waals surface area contributed by atoms with Crippen molar-refractivity contribution in [2.45, 2.75) is 31.9 Å². The number of aromatic carboxylic acids is 1. The minimum Gasteiger partial charge on any atom is -0.493 e. The molecule has 0 radical (unpaired) electrons. The Balaban J connectivity index is 1.50. The van der Waals surface area contributed by atoms with Crippen molar-refractivity contribution < 1.29 is 19.4 Å². The molecule has 6 heteroatoms. The van der Waals surface area contributed by atoms with E-state index in [1.54, 1.807) is 13.2 Å². The zero-order valence-corrected chi connectivity index (χ0v) is 20.6. The molecule has 3 atom stereocenters. The lowest BCUT2D eigenvalue weighted by Crippen LogP contribution is -2.30. The Hall–Kier alpha value is -3.25. The van der Waals surface area contributed by atoms with Crippen molar-refractivity contribution in [2.75, 3.05) is 12.4 Å². The third-order valence-corrected chi connectivity index (χ3v) is 7.45. The molecule has 1 aliphatic carbocycles. The molecule has 0 saturated carbocycles. The van der Waals surface area contributed by atoms with Gasteiger partial charge in [-0.1, -0.05) is 48.6 Å². The molecular formula is C28H26BrNO4. The summed E-state index contributed by atoms with van der Waals surface area (Å²) in [6.07, 6.45) is 5.43. The Morgan fingerprint density at radius 1 is 1.18 bits per heavy atom. The number of carboxylic acid groups (broad SMARTS) is 1. The van der Waals surface area contributed by atoms with Gasteiger partial charge in [0.2, 0.25) is 0 Å². The first-order chi connectivity index (χ1) is 16.5. The molecule has 2 aliphatic rings. The zero-order chi connectivity index (χ0) is 23.8. The van der Waals surface area contributed by atoms with Crippen LogP contribution in [0.25, 0.3) is 0 Å². The Bertz CT molecular complexity index is 1270. The van der Waals surface area contributed by atoms with Crippen molar-refractivity contribution >= 4 is 27.6 Å². The number of fused-ring (bicyclic) bond motifs is 3. The van der Waals surface area contributed by atoms with E-state index in [0.717, 1.165) is 38.8 Å². The highest BCUT2D eigenvalue weighted by Gasteiger charge is 2.39. The number of hydrogen-bond acceptors (Lipinski definition) is 4. The van der Waals surface area contributed by atoms with Gasteiger partial charge >= 0.3 is 5.97 Å². The monoisotopic (exact) mass is 519 g/mol. The molecule has 2 N–H and O–H groups in total. The molecule has 174 valence electrons. The van der Waals surface area contributed by atoms with Crippen LogP contribution >= 0.6 is 15.9 Å². The number of nitrogens with one attached hydrogen (secondary N) is 1. The van der Waals surface area contributed by atoms with E-state index in [4.69, 9.17) is 9.47 Å². The number of ether oxygens (including phenoxy) is 2. The molecule has 0 fully saturated rings. The first-order valence-corrected chi connectivity index (χ1v) is 12.1. The number of hydrogen-bond donors (Lipinski definition) is 2. The van der Waals surface area contributed by atoms with Crippen LogP contribution in [-0.4, -0.2) is 18.2 Å². The van der Waals surface area contributed by atoms with Crippen LogP contribution in [0, 0.1) is 12.8 Å². The summed E-state index contributed by atoms with van der Waals surface area (Å²) < 4.78 is 12.7. The SMILES string of the molecule is COc1cc([C@@H]2Nc3c(ccc(C(=O)O)c3C)[C@H]3C=CC[C@H]32)cc(Br)c1OCc1ccccc1. The maximum absolute atomic E-state index is 11.7. The lowest BCUT2D eigenvalue weighted by Gasteiger charge is -2.39. The van der Waals surface area contributed by atoms with E-state index >= 15 is 0 Å². The molecule has 0 amide bonds. The Kier molecular flexibility index (Phi) is 6.09. The van der Waals surface area contributed by atoms with Crippen LogP contribution in [0.5, 0.6) is 11.5 Å². The molecule has 5 nitrogen and oxygen atoms in total.